The Labute approximate surface area is 158 Å². The number of hydrogen-bond donors (Lipinski definition) is 2. The van der Waals surface area contributed by atoms with Gasteiger partial charge in [0.1, 0.15) is 11.4 Å². The molecular formula is C21H22N4O2. The highest BCUT2D eigenvalue weighted by Crippen LogP contribution is 2.18. The van der Waals surface area contributed by atoms with Crippen LogP contribution in [0, 0.1) is 13.8 Å². The summed E-state index contributed by atoms with van der Waals surface area (Å²) >= 11 is 0. The lowest BCUT2D eigenvalue weighted by atomic mass is 10.1. The number of carbonyl (C=O) groups excluding carboxylic acids is 1. The summed E-state index contributed by atoms with van der Waals surface area (Å²) in [5.41, 5.74) is 4.46. The van der Waals surface area contributed by atoms with Gasteiger partial charge < -0.3 is 15.4 Å². The first-order chi connectivity index (χ1) is 13.1. The molecule has 0 atom stereocenters. The molecule has 3 rings (SSSR count). The minimum absolute atomic E-state index is 0.272. The van der Waals surface area contributed by atoms with E-state index in [1.165, 1.54) is 11.1 Å². The molecule has 27 heavy (non-hydrogen) atoms. The van der Waals surface area contributed by atoms with E-state index in [1.54, 1.807) is 19.4 Å². The van der Waals surface area contributed by atoms with Gasteiger partial charge in [-0.1, -0.05) is 24.3 Å². The maximum absolute atomic E-state index is 12.5. The van der Waals surface area contributed by atoms with Crippen molar-refractivity contribution in [3.05, 3.63) is 77.1 Å². The molecule has 0 saturated heterocycles. The highest BCUT2D eigenvalue weighted by molar-refractivity contribution is 5.92. The summed E-state index contributed by atoms with van der Waals surface area (Å²) in [7, 11) is 1.61. The smallest absolute Gasteiger partial charge is 0.270 e. The van der Waals surface area contributed by atoms with Crippen molar-refractivity contribution in [3.8, 4) is 5.75 Å². The second kappa shape index (κ2) is 8.31. The minimum Gasteiger partial charge on any atom is -0.496 e. The monoisotopic (exact) mass is 362 g/mol. The summed E-state index contributed by atoms with van der Waals surface area (Å²) in [5.74, 6) is 0.840. The Kier molecular flexibility index (Phi) is 5.66. The number of aryl methyl sites for hydroxylation is 2. The number of nitrogens with one attached hydrogen (secondary N) is 2. The minimum atomic E-state index is -0.272. The van der Waals surface area contributed by atoms with E-state index in [0.29, 0.717) is 18.2 Å². The van der Waals surface area contributed by atoms with E-state index in [4.69, 9.17) is 4.74 Å². The highest BCUT2D eigenvalue weighted by Gasteiger charge is 2.10. The van der Waals surface area contributed by atoms with Gasteiger partial charge in [-0.2, -0.15) is 0 Å². The third-order valence-electron chi connectivity index (χ3n) is 4.28. The van der Waals surface area contributed by atoms with Crippen LogP contribution in [0.15, 0.2) is 54.7 Å². The van der Waals surface area contributed by atoms with Crippen LogP contribution in [0.5, 0.6) is 5.75 Å². The Morgan fingerprint density at radius 3 is 2.67 bits per heavy atom. The maximum atomic E-state index is 12.5. The first-order valence-corrected chi connectivity index (χ1v) is 8.64. The fraction of sp³-hybridized carbons (Fsp3) is 0.190. The molecule has 1 heterocycles. The van der Waals surface area contributed by atoms with Crippen LogP contribution in [0.4, 0.5) is 11.6 Å². The Bertz CT molecular complexity index is 956. The van der Waals surface area contributed by atoms with Crippen LogP contribution in [-0.4, -0.2) is 23.0 Å². The number of hydrogen-bond acceptors (Lipinski definition) is 5. The van der Waals surface area contributed by atoms with Crippen LogP contribution in [-0.2, 0) is 6.54 Å². The lowest BCUT2D eigenvalue weighted by molar-refractivity contribution is 0.0945. The molecule has 2 aromatic carbocycles. The Balaban J connectivity index is 1.69. The zero-order valence-electron chi connectivity index (χ0n) is 15.6. The fourth-order valence-corrected chi connectivity index (χ4v) is 2.61. The molecule has 0 aliphatic rings. The van der Waals surface area contributed by atoms with Gasteiger partial charge in [0.15, 0.2) is 0 Å². The molecule has 1 aromatic heterocycles. The molecule has 6 nitrogen and oxygen atoms in total. The van der Waals surface area contributed by atoms with Crippen LogP contribution in [0.3, 0.4) is 0 Å². The number of para-hydroxylation sites is 1. The summed E-state index contributed by atoms with van der Waals surface area (Å²) in [6.07, 6.45) is 1.56. The van der Waals surface area contributed by atoms with Crippen molar-refractivity contribution in [1.82, 2.24) is 15.3 Å². The van der Waals surface area contributed by atoms with E-state index in [1.807, 2.05) is 49.4 Å². The lowest BCUT2D eigenvalue weighted by Gasteiger charge is -2.10. The second-order valence-electron chi connectivity index (χ2n) is 6.18. The van der Waals surface area contributed by atoms with Gasteiger partial charge in [-0.15, -0.1) is 0 Å². The third kappa shape index (κ3) is 4.61. The summed E-state index contributed by atoms with van der Waals surface area (Å²) in [4.78, 5) is 21.0. The number of benzene rings is 2. The number of carbonyl (C=O) groups is 1. The topological polar surface area (TPSA) is 76.1 Å². The van der Waals surface area contributed by atoms with Gasteiger partial charge in [0, 0.05) is 24.0 Å². The maximum Gasteiger partial charge on any atom is 0.270 e. The molecular weight excluding hydrogens is 340 g/mol. The van der Waals surface area contributed by atoms with Crippen molar-refractivity contribution in [1.29, 1.82) is 0 Å². The molecule has 0 radical (unpaired) electrons. The van der Waals surface area contributed by atoms with E-state index in [0.717, 1.165) is 17.0 Å². The highest BCUT2D eigenvalue weighted by atomic mass is 16.5. The van der Waals surface area contributed by atoms with E-state index in [9.17, 15) is 4.79 Å². The van der Waals surface area contributed by atoms with Gasteiger partial charge >= 0.3 is 0 Å². The number of ether oxygens (including phenoxy) is 1. The zero-order valence-corrected chi connectivity index (χ0v) is 15.6. The summed E-state index contributed by atoms with van der Waals surface area (Å²) in [6, 6.07) is 15.2. The standard InChI is InChI=1S/C21H22N4O2/c1-14-8-9-17(12-15(14)2)24-21-22-11-10-18(25-21)20(26)23-13-16-6-4-5-7-19(16)27-3/h4-12H,13H2,1-3H3,(H,23,26)(H,22,24,25). The summed E-state index contributed by atoms with van der Waals surface area (Å²) < 4.78 is 5.30. The van der Waals surface area contributed by atoms with E-state index in [2.05, 4.69) is 27.5 Å². The number of methoxy groups -OCH3 is 1. The van der Waals surface area contributed by atoms with Crippen molar-refractivity contribution in [2.45, 2.75) is 20.4 Å². The van der Waals surface area contributed by atoms with Gasteiger partial charge in [-0.05, 0) is 49.2 Å². The lowest BCUT2D eigenvalue weighted by Crippen LogP contribution is -2.24. The van der Waals surface area contributed by atoms with Crippen LogP contribution < -0.4 is 15.4 Å². The first kappa shape index (κ1) is 18.4. The molecule has 3 aromatic rings. The molecule has 0 saturated carbocycles. The van der Waals surface area contributed by atoms with Crippen LogP contribution in [0.1, 0.15) is 27.2 Å². The van der Waals surface area contributed by atoms with Gasteiger partial charge in [0.25, 0.3) is 5.91 Å². The van der Waals surface area contributed by atoms with Gasteiger partial charge in [-0.3, -0.25) is 4.79 Å². The molecule has 2 N–H and O–H groups in total. The number of nitrogens with zero attached hydrogens (tertiary/aromatic N) is 2. The molecule has 0 aliphatic heterocycles. The van der Waals surface area contributed by atoms with E-state index in [-0.39, 0.29) is 5.91 Å². The summed E-state index contributed by atoms with van der Waals surface area (Å²) in [5, 5.41) is 6.00. The number of rotatable bonds is 6. The van der Waals surface area contributed by atoms with Gasteiger partial charge in [0.05, 0.1) is 7.11 Å². The average Bonchev–Trinajstić information content (AvgIpc) is 2.69. The molecule has 1 amide bonds. The molecule has 138 valence electrons. The first-order valence-electron chi connectivity index (χ1n) is 8.64. The molecule has 0 fully saturated rings. The number of aromatic nitrogens is 2. The fourth-order valence-electron chi connectivity index (χ4n) is 2.61. The van der Waals surface area contributed by atoms with Gasteiger partial charge in [0.2, 0.25) is 5.95 Å². The van der Waals surface area contributed by atoms with Crippen molar-refractivity contribution in [2.24, 2.45) is 0 Å². The molecule has 6 heteroatoms. The quantitative estimate of drug-likeness (QED) is 0.698. The Hall–Kier alpha value is -3.41. The molecule has 0 bridgehead atoms. The van der Waals surface area contributed by atoms with Crippen molar-refractivity contribution >= 4 is 17.5 Å². The third-order valence-corrected chi connectivity index (χ3v) is 4.28. The normalized spacial score (nSPS) is 10.3. The number of amides is 1. The van der Waals surface area contributed by atoms with Crippen molar-refractivity contribution < 1.29 is 9.53 Å². The second-order valence-corrected chi connectivity index (χ2v) is 6.18. The predicted molar refractivity (Wildman–Crippen MR) is 105 cm³/mol. The Morgan fingerprint density at radius 2 is 1.89 bits per heavy atom. The van der Waals surface area contributed by atoms with Crippen molar-refractivity contribution in [3.63, 3.8) is 0 Å². The summed E-state index contributed by atoms with van der Waals surface area (Å²) in [6.45, 7) is 4.46. The van der Waals surface area contributed by atoms with E-state index >= 15 is 0 Å². The predicted octanol–water partition coefficient (Wildman–Crippen LogP) is 3.78. The van der Waals surface area contributed by atoms with Gasteiger partial charge in [-0.25, -0.2) is 9.97 Å². The molecule has 0 unspecified atom stereocenters. The SMILES string of the molecule is COc1ccccc1CNC(=O)c1ccnc(Nc2ccc(C)c(C)c2)n1. The molecule has 0 spiro atoms. The van der Waals surface area contributed by atoms with Crippen LogP contribution in [0.2, 0.25) is 0 Å². The van der Waals surface area contributed by atoms with Crippen molar-refractivity contribution in [2.75, 3.05) is 12.4 Å². The zero-order chi connectivity index (χ0) is 19.2. The number of anilines is 2. The average molecular weight is 362 g/mol. The largest absolute Gasteiger partial charge is 0.496 e. The Morgan fingerprint density at radius 1 is 1.07 bits per heavy atom. The van der Waals surface area contributed by atoms with Crippen LogP contribution >= 0.6 is 0 Å². The molecule has 0 aliphatic carbocycles. The van der Waals surface area contributed by atoms with E-state index < -0.39 is 0 Å². The van der Waals surface area contributed by atoms with Crippen LogP contribution in [0.25, 0.3) is 0 Å².